The van der Waals surface area contributed by atoms with E-state index in [4.69, 9.17) is 0 Å². The Balaban J connectivity index is 2.56. The van der Waals surface area contributed by atoms with Gasteiger partial charge in [0.15, 0.2) is 0 Å². The van der Waals surface area contributed by atoms with E-state index < -0.39 is 0 Å². The molecule has 3 amide bonds. The Morgan fingerprint density at radius 2 is 1.79 bits per heavy atom. The van der Waals surface area contributed by atoms with Crippen molar-refractivity contribution in [1.29, 1.82) is 0 Å². The number of amides is 3. The molecular formula is C14H21N3O2. The van der Waals surface area contributed by atoms with E-state index in [9.17, 15) is 9.59 Å². The molecule has 0 aliphatic carbocycles. The molecule has 0 radical (unpaired) electrons. The molecule has 1 aromatic carbocycles. The van der Waals surface area contributed by atoms with Crippen molar-refractivity contribution >= 4 is 17.6 Å². The quantitative estimate of drug-likeness (QED) is 0.763. The molecule has 104 valence electrons. The third-order valence-corrected chi connectivity index (χ3v) is 2.36. The normalized spacial score (nSPS) is 10.1. The van der Waals surface area contributed by atoms with Gasteiger partial charge in [-0.15, -0.1) is 0 Å². The van der Waals surface area contributed by atoms with Gasteiger partial charge in [0.1, 0.15) is 0 Å². The second-order valence-corrected chi connectivity index (χ2v) is 4.59. The second kappa shape index (κ2) is 7.41. The van der Waals surface area contributed by atoms with E-state index in [1.54, 1.807) is 24.3 Å². The highest BCUT2D eigenvalue weighted by molar-refractivity contribution is 5.95. The van der Waals surface area contributed by atoms with Crippen molar-refractivity contribution in [1.82, 2.24) is 10.6 Å². The zero-order valence-electron chi connectivity index (χ0n) is 11.6. The summed E-state index contributed by atoms with van der Waals surface area (Å²) in [6, 6.07) is 6.66. The molecule has 0 aliphatic rings. The molecule has 0 saturated heterocycles. The zero-order chi connectivity index (χ0) is 14.3. The van der Waals surface area contributed by atoms with Crippen LogP contribution in [-0.2, 0) is 0 Å². The van der Waals surface area contributed by atoms with Crippen LogP contribution in [0.4, 0.5) is 10.5 Å². The topological polar surface area (TPSA) is 70.2 Å². The number of rotatable bonds is 5. The number of hydrogen-bond acceptors (Lipinski definition) is 2. The first-order valence-corrected chi connectivity index (χ1v) is 6.48. The summed E-state index contributed by atoms with van der Waals surface area (Å²) in [6.07, 6.45) is 0.891. The van der Waals surface area contributed by atoms with Crippen molar-refractivity contribution in [3.8, 4) is 0 Å². The molecule has 0 spiro atoms. The van der Waals surface area contributed by atoms with E-state index in [0.717, 1.165) is 6.42 Å². The van der Waals surface area contributed by atoms with Crippen molar-refractivity contribution in [2.45, 2.75) is 33.2 Å². The molecule has 19 heavy (non-hydrogen) atoms. The van der Waals surface area contributed by atoms with E-state index >= 15 is 0 Å². The van der Waals surface area contributed by atoms with Gasteiger partial charge in [-0.1, -0.05) is 6.92 Å². The van der Waals surface area contributed by atoms with Crippen LogP contribution in [0, 0.1) is 0 Å². The summed E-state index contributed by atoms with van der Waals surface area (Å²) in [5.74, 6) is -0.114. The van der Waals surface area contributed by atoms with Gasteiger partial charge in [0, 0.05) is 23.8 Å². The minimum Gasteiger partial charge on any atom is -0.350 e. The molecule has 0 unspecified atom stereocenters. The van der Waals surface area contributed by atoms with Crippen molar-refractivity contribution in [3.05, 3.63) is 29.8 Å². The molecule has 0 bridgehead atoms. The lowest BCUT2D eigenvalue weighted by Crippen LogP contribution is -2.30. The summed E-state index contributed by atoms with van der Waals surface area (Å²) in [7, 11) is 0. The number of nitrogens with one attached hydrogen (secondary N) is 3. The van der Waals surface area contributed by atoms with Crippen molar-refractivity contribution in [2.75, 3.05) is 11.9 Å². The van der Waals surface area contributed by atoms with Crippen LogP contribution in [0.25, 0.3) is 0 Å². The summed E-state index contributed by atoms with van der Waals surface area (Å²) in [5.41, 5.74) is 1.24. The molecule has 0 aliphatic heterocycles. The SMILES string of the molecule is CCCNC(=O)Nc1ccc(C(=O)NC(C)C)cc1. The van der Waals surface area contributed by atoms with Crippen LogP contribution in [-0.4, -0.2) is 24.5 Å². The monoisotopic (exact) mass is 263 g/mol. The molecule has 5 heteroatoms. The Labute approximate surface area is 113 Å². The highest BCUT2D eigenvalue weighted by atomic mass is 16.2. The first kappa shape index (κ1) is 15.0. The molecule has 0 fully saturated rings. The summed E-state index contributed by atoms with van der Waals surface area (Å²) in [6.45, 7) is 6.45. The first-order chi connectivity index (χ1) is 9.02. The number of benzene rings is 1. The number of carbonyl (C=O) groups is 2. The standard InChI is InChI=1S/C14H21N3O2/c1-4-9-15-14(19)17-12-7-5-11(6-8-12)13(18)16-10(2)3/h5-8,10H,4,9H2,1-3H3,(H,16,18)(H2,15,17,19). The largest absolute Gasteiger partial charge is 0.350 e. The molecule has 5 nitrogen and oxygen atoms in total. The molecular weight excluding hydrogens is 242 g/mol. The Morgan fingerprint density at radius 1 is 1.16 bits per heavy atom. The third kappa shape index (κ3) is 5.42. The Kier molecular flexibility index (Phi) is 5.85. The highest BCUT2D eigenvalue weighted by Gasteiger charge is 2.07. The van der Waals surface area contributed by atoms with Gasteiger partial charge >= 0.3 is 6.03 Å². The Bertz CT molecular complexity index is 427. The zero-order valence-corrected chi connectivity index (χ0v) is 11.6. The smallest absolute Gasteiger partial charge is 0.319 e. The fourth-order valence-corrected chi connectivity index (χ4v) is 1.46. The average molecular weight is 263 g/mol. The fourth-order valence-electron chi connectivity index (χ4n) is 1.46. The number of anilines is 1. The third-order valence-electron chi connectivity index (χ3n) is 2.36. The Hall–Kier alpha value is -2.04. The van der Waals surface area contributed by atoms with Crippen LogP contribution in [0.5, 0.6) is 0 Å². The molecule has 0 aromatic heterocycles. The maximum atomic E-state index is 11.7. The van der Waals surface area contributed by atoms with Gasteiger partial charge < -0.3 is 16.0 Å². The lowest BCUT2D eigenvalue weighted by atomic mass is 10.2. The van der Waals surface area contributed by atoms with Gasteiger partial charge in [0.2, 0.25) is 0 Å². The maximum absolute atomic E-state index is 11.7. The summed E-state index contributed by atoms with van der Waals surface area (Å²) >= 11 is 0. The molecule has 3 N–H and O–H groups in total. The lowest BCUT2D eigenvalue weighted by molar-refractivity contribution is 0.0943. The van der Waals surface area contributed by atoms with Crippen LogP contribution in [0.15, 0.2) is 24.3 Å². The predicted molar refractivity (Wildman–Crippen MR) is 76.4 cm³/mol. The predicted octanol–water partition coefficient (Wildman–Crippen LogP) is 2.36. The second-order valence-electron chi connectivity index (χ2n) is 4.59. The summed E-state index contributed by atoms with van der Waals surface area (Å²) in [4.78, 5) is 23.2. The minimum atomic E-state index is -0.235. The average Bonchev–Trinajstić information content (AvgIpc) is 2.36. The molecule has 1 rings (SSSR count). The number of hydrogen-bond donors (Lipinski definition) is 3. The van der Waals surface area contributed by atoms with Gasteiger partial charge in [0.05, 0.1) is 0 Å². The Morgan fingerprint density at radius 3 is 2.32 bits per heavy atom. The van der Waals surface area contributed by atoms with Crippen LogP contribution in [0.1, 0.15) is 37.6 Å². The van der Waals surface area contributed by atoms with E-state index in [1.165, 1.54) is 0 Å². The van der Waals surface area contributed by atoms with Crippen LogP contribution >= 0.6 is 0 Å². The highest BCUT2D eigenvalue weighted by Crippen LogP contribution is 2.09. The van der Waals surface area contributed by atoms with Crippen molar-refractivity contribution in [2.24, 2.45) is 0 Å². The van der Waals surface area contributed by atoms with E-state index in [-0.39, 0.29) is 18.0 Å². The first-order valence-electron chi connectivity index (χ1n) is 6.48. The molecule has 0 saturated carbocycles. The fraction of sp³-hybridized carbons (Fsp3) is 0.429. The van der Waals surface area contributed by atoms with Gasteiger partial charge in [-0.3, -0.25) is 4.79 Å². The summed E-state index contributed by atoms with van der Waals surface area (Å²) < 4.78 is 0. The van der Waals surface area contributed by atoms with Gasteiger partial charge in [-0.05, 0) is 44.5 Å². The lowest BCUT2D eigenvalue weighted by Gasteiger charge is -2.09. The van der Waals surface area contributed by atoms with Crippen molar-refractivity contribution in [3.63, 3.8) is 0 Å². The maximum Gasteiger partial charge on any atom is 0.319 e. The van der Waals surface area contributed by atoms with Crippen LogP contribution in [0.3, 0.4) is 0 Å². The van der Waals surface area contributed by atoms with E-state index in [0.29, 0.717) is 17.8 Å². The van der Waals surface area contributed by atoms with E-state index in [1.807, 2.05) is 20.8 Å². The molecule has 1 aromatic rings. The van der Waals surface area contributed by atoms with Gasteiger partial charge in [-0.2, -0.15) is 0 Å². The van der Waals surface area contributed by atoms with E-state index in [2.05, 4.69) is 16.0 Å². The van der Waals surface area contributed by atoms with Crippen molar-refractivity contribution < 1.29 is 9.59 Å². The minimum absolute atomic E-state index is 0.102. The van der Waals surface area contributed by atoms with Gasteiger partial charge in [0.25, 0.3) is 5.91 Å². The van der Waals surface area contributed by atoms with Crippen LogP contribution in [0.2, 0.25) is 0 Å². The van der Waals surface area contributed by atoms with Gasteiger partial charge in [-0.25, -0.2) is 4.79 Å². The molecule has 0 heterocycles. The number of urea groups is 1. The summed E-state index contributed by atoms with van der Waals surface area (Å²) in [5, 5.41) is 8.23. The number of carbonyl (C=O) groups excluding carboxylic acids is 2. The molecule has 0 atom stereocenters. The van der Waals surface area contributed by atoms with Crippen LogP contribution < -0.4 is 16.0 Å².